The van der Waals surface area contributed by atoms with Gasteiger partial charge in [0.1, 0.15) is 11.6 Å². The third-order valence-corrected chi connectivity index (χ3v) is 5.64. The molecule has 1 aromatic heterocycles. The van der Waals surface area contributed by atoms with E-state index in [9.17, 15) is 9.18 Å². The van der Waals surface area contributed by atoms with Crippen LogP contribution < -0.4 is 4.74 Å². The molecule has 0 bridgehead atoms. The van der Waals surface area contributed by atoms with E-state index in [2.05, 4.69) is 23.7 Å². The fourth-order valence-corrected chi connectivity index (χ4v) is 4.00. The molecule has 3 aromatic rings. The van der Waals surface area contributed by atoms with Gasteiger partial charge in [-0.25, -0.2) is 4.39 Å². The summed E-state index contributed by atoms with van der Waals surface area (Å²) in [6.45, 7) is 6.39. The Kier molecular flexibility index (Phi) is 5.53. The van der Waals surface area contributed by atoms with Crippen LogP contribution in [0.3, 0.4) is 0 Å². The Balaban J connectivity index is 1.36. The molecule has 0 aliphatic carbocycles. The molecule has 0 saturated carbocycles. The monoisotopic (exact) mass is 395 g/mol. The van der Waals surface area contributed by atoms with Crippen molar-refractivity contribution in [1.29, 1.82) is 0 Å². The first kappa shape index (κ1) is 19.5. The minimum atomic E-state index is -0.221. The molecule has 1 amide bonds. The number of nitrogens with zero attached hydrogens (tertiary/aromatic N) is 2. The Hall–Kier alpha value is -2.86. The van der Waals surface area contributed by atoms with Crippen molar-refractivity contribution in [1.82, 2.24) is 14.8 Å². The van der Waals surface area contributed by atoms with Crippen LogP contribution in [0.2, 0.25) is 0 Å². The van der Waals surface area contributed by atoms with E-state index >= 15 is 0 Å². The molecule has 2 aromatic carbocycles. The highest BCUT2D eigenvalue weighted by Gasteiger charge is 2.32. The highest BCUT2D eigenvalue weighted by atomic mass is 19.1. The molecule has 6 heteroatoms. The zero-order chi connectivity index (χ0) is 20.4. The average molecular weight is 395 g/mol. The highest BCUT2D eigenvalue weighted by molar-refractivity contribution is 5.86. The predicted molar refractivity (Wildman–Crippen MR) is 111 cm³/mol. The quantitative estimate of drug-likeness (QED) is 0.715. The molecule has 1 aliphatic rings. The van der Waals surface area contributed by atoms with Crippen LogP contribution in [0.15, 0.2) is 54.7 Å². The molecule has 2 heterocycles. The number of aromatic nitrogens is 1. The van der Waals surface area contributed by atoms with E-state index in [4.69, 9.17) is 4.74 Å². The molecule has 29 heavy (non-hydrogen) atoms. The maximum Gasteiger partial charge on any atom is 0.260 e. The fraction of sp³-hybridized carbons (Fsp3) is 0.348. The summed E-state index contributed by atoms with van der Waals surface area (Å²) in [6, 6.07) is 14.7. The Morgan fingerprint density at radius 2 is 1.90 bits per heavy atom. The number of H-pyrrole nitrogens is 1. The number of aromatic amines is 1. The first-order valence-electron chi connectivity index (χ1n) is 9.98. The lowest BCUT2D eigenvalue weighted by atomic mass is 10.1. The molecular weight excluding hydrogens is 369 g/mol. The Bertz CT molecular complexity index is 985. The van der Waals surface area contributed by atoms with Crippen molar-refractivity contribution >= 4 is 16.8 Å². The van der Waals surface area contributed by atoms with Gasteiger partial charge in [-0.15, -0.1) is 0 Å². The summed E-state index contributed by atoms with van der Waals surface area (Å²) >= 11 is 0. The van der Waals surface area contributed by atoms with Gasteiger partial charge < -0.3 is 14.6 Å². The third kappa shape index (κ3) is 4.27. The first-order valence-corrected chi connectivity index (χ1v) is 9.98. The molecule has 1 fully saturated rings. The van der Waals surface area contributed by atoms with Crippen LogP contribution in [-0.4, -0.2) is 52.5 Å². The summed E-state index contributed by atoms with van der Waals surface area (Å²) in [4.78, 5) is 20.2. The van der Waals surface area contributed by atoms with Gasteiger partial charge in [0.15, 0.2) is 6.61 Å². The number of piperazine rings is 1. The van der Waals surface area contributed by atoms with Crippen LogP contribution in [0.4, 0.5) is 4.39 Å². The standard InChI is InChI=1S/C23H26FN3O2/c1-16-13-27(17(2)12-26(16)14-18-6-8-19(24)9-7-18)23(28)15-29-22-5-3-4-21-20(22)10-11-25-21/h3-11,16-17,25H,12-15H2,1-2H3. The number of halogens is 1. The number of ether oxygens (including phenoxy) is 1. The first-order chi connectivity index (χ1) is 14.0. The molecule has 0 radical (unpaired) electrons. The molecule has 4 rings (SSSR count). The predicted octanol–water partition coefficient (Wildman–Crippen LogP) is 3.81. The Labute approximate surface area is 170 Å². The number of hydrogen-bond donors (Lipinski definition) is 1. The van der Waals surface area contributed by atoms with Gasteiger partial charge in [0.25, 0.3) is 5.91 Å². The van der Waals surface area contributed by atoms with E-state index in [1.807, 2.05) is 47.5 Å². The van der Waals surface area contributed by atoms with Crippen molar-refractivity contribution in [2.75, 3.05) is 19.7 Å². The number of hydrogen-bond acceptors (Lipinski definition) is 3. The maximum absolute atomic E-state index is 13.1. The van der Waals surface area contributed by atoms with Crippen LogP contribution in [-0.2, 0) is 11.3 Å². The molecule has 1 N–H and O–H groups in total. The molecule has 152 valence electrons. The van der Waals surface area contributed by atoms with Crippen molar-refractivity contribution in [2.45, 2.75) is 32.5 Å². The van der Waals surface area contributed by atoms with Crippen LogP contribution in [0, 0.1) is 5.82 Å². The van der Waals surface area contributed by atoms with Crippen LogP contribution in [0.5, 0.6) is 5.75 Å². The minimum absolute atomic E-state index is 0.00155. The number of benzene rings is 2. The third-order valence-electron chi connectivity index (χ3n) is 5.64. The molecule has 1 saturated heterocycles. The number of amides is 1. The van der Waals surface area contributed by atoms with Gasteiger partial charge >= 0.3 is 0 Å². The van der Waals surface area contributed by atoms with E-state index in [-0.39, 0.29) is 30.4 Å². The largest absolute Gasteiger partial charge is 0.483 e. The number of carbonyl (C=O) groups excluding carboxylic acids is 1. The summed E-state index contributed by atoms with van der Waals surface area (Å²) in [7, 11) is 0. The van der Waals surface area contributed by atoms with Crippen LogP contribution >= 0.6 is 0 Å². The van der Waals surface area contributed by atoms with Crippen LogP contribution in [0.1, 0.15) is 19.4 Å². The van der Waals surface area contributed by atoms with Crippen LogP contribution in [0.25, 0.3) is 10.9 Å². The smallest absolute Gasteiger partial charge is 0.260 e. The second-order valence-corrected chi connectivity index (χ2v) is 7.78. The van der Waals surface area contributed by atoms with E-state index in [1.54, 1.807) is 0 Å². The highest BCUT2D eigenvalue weighted by Crippen LogP contribution is 2.25. The van der Waals surface area contributed by atoms with Gasteiger partial charge in [0.05, 0.1) is 0 Å². The topological polar surface area (TPSA) is 48.6 Å². The second-order valence-electron chi connectivity index (χ2n) is 7.78. The minimum Gasteiger partial charge on any atom is -0.483 e. The van der Waals surface area contributed by atoms with Gasteiger partial charge in [0.2, 0.25) is 0 Å². The average Bonchev–Trinajstić information content (AvgIpc) is 3.20. The lowest BCUT2D eigenvalue weighted by Gasteiger charge is -2.44. The fourth-order valence-electron chi connectivity index (χ4n) is 4.00. The number of nitrogens with one attached hydrogen (secondary N) is 1. The molecular formula is C23H26FN3O2. The van der Waals surface area contributed by atoms with E-state index in [0.29, 0.717) is 12.3 Å². The maximum atomic E-state index is 13.1. The van der Waals surface area contributed by atoms with Crippen molar-refractivity contribution in [3.05, 3.63) is 66.1 Å². The summed E-state index contributed by atoms with van der Waals surface area (Å²) in [5.41, 5.74) is 2.07. The van der Waals surface area contributed by atoms with Gasteiger partial charge in [-0.05, 0) is 49.7 Å². The summed E-state index contributed by atoms with van der Waals surface area (Å²) in [5, 5.41) is 0.978. The van der Waals surface area contributed by atoms with Crippen molar-refractivity contribution < 1.29 is 13.9 Å². The molecule has 0 spiro atoms. The molecule has 2 unspecified atom stereocenters. The van der Waals surface area contributed by atoms with Gasteiger partial charge in [-0.3, -0.25) is 9.69 Å². The molecule has 1 aliphatic heterocycles. The lowest BCUT2D eigenvalue weighted by Crippen LogP contribution is -2.58. The lowest BCUT2D eigenvalue weighted by molar-refractivity contribution is -0.139. The summed E-state index contributed by atoms with van der Waals surface area (Å²) in [6.07, 6.45) is 1.86. The molecule has 2 atom stereocenters. The summed E-state index contributed by atoms with van der Waals surface area (Å²) in [5.74, 6) is 0.493. The number of rotatable bonds is 5. The normalized spacial score (nSPS) is 20.2. The Morgan fingerprint density at radius 3 is 2.69 bits per heavy atom. The number of fused-ring (bicyclic) bond motifs is 1. The zero-order valence-corrected chi connectivity index (χ0v) is 16.8. The summed E-state index contributed by atoms with van der Waals surface area (Å²) < 4.78 is 19.0. The van der Waals surface area contributed by atoms with E-state index in [1.165, 1.54) is 12.1 Å². The number of carbonyl (C=O) groups is 1. The van der Waals surface area contributed by atoms with Gasteiger partial charge in [-0.1, -0.05) is 18.2 Å². The molecule has 5 nitrogen and oxygen atoms in total. The Morgan fingerprint density at radius 1 is 1.10 bits per heavy atom. The van der Waals surface area contributed by atoms with Crippen molar-refractivity contribution in [3.63, 3.8) is 0 Å². The zero-order valence-electron chi connectivity index (χ0n) is 16.8. The van der Waals surface area contributed by atoms with E-state index in [0.717, 1.165) is 29.6 Å². The van der Waals surface area contributed by atoms with Crippen molar-refractivity contribution in [3.8, 4) is 5.75 Å². The second kappa shape index (κ2) is 8.25. The van der Waals surface area contributed by atoms with Gasteiger partial charge in [0, 0.05) is 48.8 Å². The van der Waals surface area contributed by atoms with E-state index < -0.39 is 0 Å². The van der Waals surface area contributed by atoms with Gasteiger partial charge in [-0.2, -0.15) is 0 Å². The van der Waals surface area contributed by atoms with Crippen molar-refractivity contribution in [2.24, 2.45) is 0 Å². The SMILES string of the molecule is CC1CN(C(=O)COc2cccc3[nH]ccc23)C(C)CN1Cc1ccc(F)cc1.